The molecule has 0 saturated heterocycles. The van der Waals surface area contributed by atoms with Crippen LogP contribution in [0.1, 0.15) is 31.1 Å². The molecule has 0 aromatic carbocycles. The number of thioether (sulfide) groups is 1. The van der Waals surface area contributed by atoms with Gasteiger partial charge >= 0.3 is 0 Å². The van der Waals surface area contributed by atoms with Gasteiger partial charge in [0.05, 0.1) is 6.20 Å². The van der Waals surface area contributed by atoms with E-state index in [9.17, 15) is 0 Å². The molecule has 0 amide bonds. The van der Waals surface area contributed by atoms with Crippen LogP contribution in [0.15, 0.2) is 12.4 Å². The molecule has 0 saturated carbocycles. The summed E-state index contributed by atoms with van der Waals surface area (Å²) in [7, 11) is 1.94. The first-order valence-electron chi connectivity index (χ1n) is 5.47. The minimum absolute atomic E-state index is 0.396. The van der Waals surface area contributed by atoms with E-state index < -0.39 is 0 Å². The van der Waals surface area contributed by atoms with E-state index in [0.717, 1.165) is 5.92 Å². The molecule has 2 atom stereocenters. The van der Waals surface area contributed by atoms with E-state index in [1.807, 2.05) is 29.7 Å². The van der Waals surface area contributed by atoms with Gasteiger partial charge in [-0.05, 0) is 11.7 Å². The molecule has 3 nitrogen and oxygen atoms in total. The highest BCUT2D eigenvalue weighted by Gasteiger charge is 2.13. The second-order valence-electron chi connectivity index (χ2n) is 4.02. The van der Waals surface area contributed by atoms with Crippen molar-refractivity contribution in [3.63, 3.8) is 0 Å². The van der Waals surface area contributed by atoms with Gasteiger partial charge in [0.25, 0.3) is 0 Å². The average Bonchev–Trinajstić information content (AvgIpc) is 2.65. The molecule has 86 valence electrons. The third kappa shape index (κ3) is 3.87. The number of nitrogens with zero attached hydrogens (tertiary/aromatic N) is 2. The van der Waals surface area contributed by atoms with E-state index in [-0.39, 0.29) is 0 Å². The third-order valence-electron chi connectivity index (χ3n) is 2.59. The number of hydrogen-bond acceptors (Lipinski definition) is 3. The van der Waals surface area contributed by atoms with Gasteiger partial charge in [-0.25, -0.2) is 0 Å². The molecule has 0 aliphatic heterocycles. The van der Waals surface area contributed by atoms with Gasteiger partial charge in [-0.1, -0.05) is 20.3 Å². The number of rotatable bonds is 6. The molecule has 4 heteroatoms. The van der Waals surface area contributed by atoms with Crippen molar-refractivity contribution in [2.75, 3.05) is 12.3 Å². The lowest BCUT2D eigenvalue weighted by Crippen LogP contribution is -2.11. The molecular formula is C11H21N3S. The summed E-state index contributed by atoms with van der Waals surface area (Å²) in [5, 5.41) is 4.58. The topological polar surface area (TPSA) is 43.8 Å². The summed E-state index contributed by atoms with van der Waals surface area (Å²) < 4.78 is 1.84. The molecule has 0 fully saturated rings. The molecule has 1 aromatic heterocycles. The predicted octanol–water partition coefficient (Wildman–Crippen LogP) is 2.20. The Kier molecular flexibility index (Phi) is 5.19. The van der Waals surface area contributed by atoms with Crippen LogP contribution < -0.4 is 5.73 Å². The highest BCUT2D eigenvalue weighted by Crippen LogP contribution is 2.29. The van der Waals surface area contributed by atoms with E-state index in [1.54, 1.807) is 0 Å². The molecule has 1 rings (SSSR count). The first kappa shape index (κ1) is 12.6. The van der Waals surface area contributed by atoms with Crippen LogP contribution in [-0.2, 0) is 7.05 Å². The molecule has 0 aliphatic rings. The summed E-state index contributed by atoms with van der Waals surface area (Å²) in [6, 6.07) is 0. The van der Waals surface area contributed by atoms with Gasteiger partial charge < -0.3 is 5.73 Å². The molecule has 1 aromatic rings. The van der Waals surface area contributed by atoms with Gasteiger partial charge in [-0.3, -0.25) is 4.68 Å². The zero-order valence-corrected chi connectivity index (χ0v) is 10.6. The van der Waals surface area contributed by atoms with Gasteiger partial charge in [0.2, 0.25) is 0 Å². The Labute approximate surface area is 96.4 Å². The van der Waals surface area contributed by atoms with Crippen LogP contribution in [0.4, 0.5) is 0 Å². The fourth-order valence-corrected chi connectivity index (χ4v) is 2.55. The standard InChI is InChI=1S/C11H21N3S/c1-4-9(2)8-15-11(5-12)10-6-13-14(3)7-10/h6-7,9,11H,4-5,8,12H2,1-3H3. The maximum atomic E-state index is 5.78. The zero-order valence-electron chi connectivity index (χ0n) is 9.81. The molecule has 2 N–H and O–H groups in total. The quantitative estimate of drug-likeness (QED) is 0.810. The van der Waals surface area contributed by atoms with Crippen molar-refractivity contribution in [2.24, 2.45) is 18.7 Å². The summed E-state index contributed by atoms with van der Waals surface area (Å²) in [6.07, 6.45) is 5.21. The maximum Gasteiger partial charge on any atom is 0.0533 e. The summed E-state index contributed by atoms with van der Waals surface area (Å²) in [5.74, 6) is 1.94. The van der Waals surface area contributed by atoms with Crippen molar-refractivity contribution in [2.45, 2.75) is 25.5 Å². The van der Waals surface area contributed by atoms with Crippen molar-refractivity contribution in [1.29, 1.82) is 0 Å². The molecule has 0 spiro atoms. The fourth-order valence-electron chi connectivity index (χ4n) is 1.31. The van der Waals surface area contributed by atoms with E-state index in [4.69, 9.17) is 5.73 Å². The minimum atomic E-state index is 0.396. The Balaban J connectivity index is 2.49. The van der Waals surface area contributed by atoms with Crippen LogP contribution >= 0.6 is 11.8 Å². The lowest BCUT2D eigenvalue weighted by atomic mass is 10.2. The van der Waals surface area contributed by atoms with Gasteiger partial charge in [0.1, 0.15) is 0 Å². The van der Waals surface area contributed by atoms with E-state index >= 15 is 0 Å². The van der Waals surface area contributed by atoms with Gasteiger partial charge in [-0.15, -0.1) is 0 Å². The monoisotopic (exact) mass is 227 g/mol. The zero-order chi connectivity index (χ0) is 11.3. The van der Waals surface area contributed by atoms with E-state index in [0.29, 0.717) is 11.8 Å². The average molecular weight is 227 g/mol. The Bertz CT molecular complexity index is 285. The fraction of sp³-hybridized carbons (Fsp3) is 0.727. The van der Waals surface area contributed by atoms with Crippen molar-refractivity contribution in [1.82, 2.24) is 9.78 Å². The second-order valence-corrected chi connectivity index (χ2v) is 5.25. The molecule has 0 radical (unpaired) electrons. The van der Waals surface area contributed by atoms with E-state index in [2.05, 4.69) is 25.1 Å². The molecule has 2 unspecified atom stereocenters. The van der Waals surface area contributed by atoms with Crippen LogP contribution in [0.5, 0.6) is 0 Å². The molecule has 0 aliphatic carbocycles. The lowest BCUT2D eigenvalue weighted by molar-refractivity contribution is 0.635. The van der Waals surface area contributed by atoms with Crippen molar-refractivity contribution < 1.29 is 0 Å². The van der Waals surface area contributed by atoms with Crippen LogP contribution in [0.25, 0.3) is 0 Å². The van der Waals surface area contributed by atoms with Crippen LogP contribution in [-0.4, -0.2) is 22.1 Å². The minimum Gasteiger partial charge on any atom is -0.329 e. The van der Waals surface area contributed by atoms with E-state index in [1.165, 1.54) is 17.7 Å². The lowest BCUT2D eigenvalue weighted by Gasteiger charge is -2.15. The summed E-state index contributed by atoms with van der Waals surface area (Å²) in [6.45, 7) is 5.20. The van der Waals surface area contributed by atoms with Gasteiger partial charge in [0.15, 0.2) is 0 Å². The number of hydrogen-bond donors (Lipinski definition) is 1. The van der Waals surface area contributed by atoms with Gasteiger partial charge in [0, 0.05) is 30.6 Å². The largest absolute Gasteiger partial charge is 0.329 e. The Morgan fingerprint density at radius 2 is 2.33 bits per heavy atom. The molecule has 1 heterocycles. The molecular weight excluding hydrogens is 206 g/mol. The number of nitrogens with two attached hydrogens (primary N) is 1. The maximum absolute atomic E-state index is 5.78. The third-order valence-corrected chi connectivity index (χ3v) is 4.22. The normalized spacial score (nSPS) is 15.2. The highest BCUT2D eigenvalue weighted by molar-refractivity contribution is 7.99. The highest BCUT2D eigenvalue weighted by atomic mass is 32.2. The predicted molar refractivity (Wildman–Crippen MR) is 66.9 cm³/mol. The van der Waals surface area contributed by atoms with Crippen LogP contribution in [0.2, 0.25) is 0 Å². The molecule has 0 bridgehead atoms. The Hall–Kier alpha value is -0.480. The first-order valence-corrected chi connectivity index (χ1v) is 6.52. The SMILES string of the molecule is CCC(C)CSC(CN)c1cnn(C)c1. The second kappa shape index (κ2) is 6.18. The summed E-state index contributed by atoms with van der Waals surface area (Å²) in [4.78, 5) is 0. The van der Waals surface area contributed by atoms with Gasteiger partial charge in [-0.2, -0.15) is 16.9 Å². The smallest absolute Gasteiger partial charge is 0.0533 e. The first-order chi connectivity index (χ1) is 7.17. The summed E-state index contributed by atoms with van der Waals surface area (Å²) in [5.41, 5.74) is 7.03. The van der Waals surface area contributed by atoms with Crippen LogP contribution in [0, 0.1) is 5.92 Å². The van der Waals surface area contributed by atoms with Crippen molar-refractivity contribution in [3.05, 3.63) is 18.0 Å². The Morgan fingerprint density at radius 3 is 2.80 bits per heavy atom. The van der Waals surface area contributed by atoms with Crippen molar-refractivity contribution in [3.8, 4) is 0 Å². The van der Waals surface area contributed by atoms with Crippen molar-refractivity contribution >= 4 is 11.8 Å². The summed E-state index contributed by atoms with van der Waals surface area (Å²) >= 11 is 1.94. The molecule has 15 heavy (non-hydrogen) atoms. The van der Waals surface area contributed by atoms with Crippen LogP contribution in [0.3, 0.4) is 0 Å². The number of aryl methyl sites for hydroxylation is 1. The number of aromatic nitrogens is 2. The Morgan fingerprint density at radius 1 is 1.60 bits per heavy atom.